The molecule has 0 fully saturated rings. The fraction of sp³-hybridized carbons (Fsp3) is 0.800. The Balaban J connectivity index is 0. The molecule has 0 saturated carbocycles. The molecule has 0 saturated heterocycles. The Kier molecular flexibility index (Phi) is 6.89. The first-order valence-electron chi connectivity index (χ1n) is 2.59. The van der Waals surface area contributed by atoms with Gasteiger partial charge in [-0.2, -0.15) is 0 Å². The number of carbonyl (C=O) groups excluding carboxylic acids is 1. The molecule has 56 valence electrons. The molecule has 0 bridgehead atoms. The summed E-state index contributed by atoms with van der Waals surface area (Å²) in [6.45, 7) is 3.20. The van der Waals surface area contributed by atoms with Gasteiger partial charge in [-0.05, 0) is 6.42 Å². The van der Waals surface area contributed by atoms with Crippen molar-refractivity contribution in [3.05, 3.63) is 0 Å². The van der Waals surface area contributed by atoms with Crippen LogP contribution in [0.2, 0.25) is 0 Å². The molecular formula is C5H14N2O2. The summed E-state index contributed by atoms with van der Waals surface area (Å²) in [6.07, 6.45) is 0.243. The van der Waals surface area contributed by atoms with Crippen LogP contribution in [0.3, 0.4) is 0 Å². The summed E-state index contributed by atoms with van der Waals surface area (Å²) in [4.78, 5) is 10.1. The highest BCUT2D eigenvalue weighted by molar-refractivity contribution is 5.66. The van der Waals surface area contributed by atoms with Crippen molar-refractivity contribution in [1.29, 1.82) is 0 Å². The van der Waals surface area contributed by atoms with E-state index in [-0.39, 0.29) is 12.1 Å². The van der Waals surface area contributed by atoms with Crippen LogP contribution in [0.1, 0.15) is 20.3 Å². The normalized spacial score (nSPS) is 11.4. The molecule has 0 spiro atoms. The summed E-state index contributed by atoms with van der Waals surface area (Å²) in [7, 11) is 0. The Bertz CT molecular complexity index is 85.0. The molecule has 0 aliphatic heterocycles. The van der Waals surface area contributed by atoms with Crippen LogP contribution in [0, 0.1) is 0 Å². The van der Waals surface area contributed by atoms with E-state index in [1.54, 1.807) is 0 Å². The predicted molar refractivity (Wildman–Crippen MR) is 35.1 cm³/mol. The van der Waals surface area contributed by atoms with Crippen LogP contribution in [-0.4, -0.2) is 12.2 Å². The van der Waals surface area contributed by atoms with E-state index in [4.69, 9.17) is 5.73 Å². The Hall–Kier alpha value is -0.610. The van der Waals surface area contributed by atoms with Gasteiger partial charge in [-0.3, -0.25) is 10.5 Å². The van der Waals surface area contributed by atoms with E-state index in [0.29, 0.717) is 6.42 Å². The van der Waals surface area contributed by atoms with Gasteiger partial charge in [-0.1, -0.05) is 6.92 Å². The smallest absolute Gasteiger partial charge is 0.304 e. The second kappa shape index (κ2) is 5.53. The molecule has 0 radical (unpaired) electrons. The highest BCUT2D eigenvalue weighted by atomic mass is 16.5. The van der Waals surface area contributed by atoms with Crippen LogP contribution in [0.15, 0.2) is 0 Å². The van der Waals surface area contributed by atoms with E-state index in [1.807, 2.05) is 6.92 Å². The van der Waals surface area contributed by atoms with Gasteiger partial charge < -0.3 is 10.9 Å². The van der Waals surface area contributed by atoms with Crippen LogP contribution in [0.5, 0.6) is 0 Å². The summed E-state index contributed by atoms with van der Waals surface area (Å²) < 4.78 is 4.54. The van der Waals surface area contributed by atoms with Gasteiger partial charge in [0.15, 0.2) is 6.23 Å². The minimum Gasteiger partial charge on any atom is -0.447 e. The average molecular weight is 134 g/mol. The molecule has 9 heavy (non-hydrogen) atoms. The molecule has 5 N–H and O–H groups in total. The zero-order valence-electron chi connectivity index (χ0n) is 5.89. The summed E-state index contributed by atoms with van der Waals surface area (Å²) >= 11 is 0. The van der Waals surface area contributed by atoms with Crippen LogP contribution >= 0.6 is 0 Å². The largest absolute Gasteiger partial charge is 0.447 e. The monoisotopic (exact) mass is 134 g/mol. The zero-order valence-corrected chi connectivity index (χ0v) is 5.89. The molecule has 4 heteroatoms. The van der Waals surface area contributed by atoms with Crippen molar-refractivity contribution < 1.29 is 9.53 Å². The molecule has 1 atom stereocenters. The van der Waals surface area contributed by atoms with Crippen molar-refractivity contribution in [2.75, 3.05) is 0 Å². The molecule has 0 rings (SSSR count). The molecular weight excluding hydrogens is 120 g/mol. The van der Waals surface area contributed by atoms with Gasteiger partial charge in [0.2, 0.25) is 0 Å². The molecule has 0 heterocycles. The zero-order chi connectivity index (χ0) is 6.57. The first kappa shape index (κ1) is 11.2. The van der Waals surface area contributed by atoms with Crippen LogP contribution in [-0.2, 0) is 9.53 Å². The predicted octanol–water partition coefficient (Wildman–Crippen LogP) is 0.406. The molecule has 0 aromatic heterocycles. The quantitative estimate of drug-likeness (QED) is 0.423. The van der Waals surface area contributed by atoms with Crippen LogP contribution < -0.4 is 11.9 Å². The number of nitrogens with two attached hydrogens (primary N) is 1. The Labute approximate surface area is 54.9 Å². The average Bonchev–Trinajstić information content (AvgIpc) is 1.65. The van der Waals surface area contributed by atoms with E-state index in [9.17, 15) is 4.79 Å². The number of ether oxygens (including phenoxy) is 1. The Morgan fingerprint density at radius 1 is 1.78 bits per heavy atom. The maximum atomic E-state index is 10.1. The van der Waals surface area contributed by atoms with Crippen molar-refractivity contribution in [2.45, 2.75) is 26.5 Å². The third kappa shape index (κ3) is 7.39. The van der Waals surface area contributed by atoms with Gasteiger partial charge in [0.05, 0.1) is 0 Å². The minimum atomic E-state index is -0.424. The van der Waals surface area contributed by atoms with E-state index < -0.39 is 6.23 Å². The van der Waals surface area contributed by atoms with Gasteiger partial charge in [0, 0.05) is 6.92 Å². The summed E-state index contributed by atoms with van der Waals surface area (Å²) in [5, 5.41) is 0. The fourth-order valence-electron chi connectivity index (χ4n) is 0.297. The Morgan fingerprint density at radius 3 is 2.33 bits per heavy atom. The maximum Gasteiger partial charge on any atom is 0.304 e. The number of esters is 1. The van der Waals surface area contributed by atoms with Crippen molar-refractivity contribution >= 4 is 5.97 Å². The van der Waals surface area contributed by atoms with Gasteiger partial charge >= 0.3 is 5.97 Å². The van der Waals surface area contributed by atoms with E-state index in [2.05, 4.69) is 4.74 Å². The third-order valence-electron chi connectivity index (χ3n) is 0.720. The lowest BCUT2D eigenvalue weighted by atomic mass is 10.4. The SMILES string of the molecule is CCC(N)OC(C)=O.N. The Morgan fingerprint density at radius 2 is 2.22 bits per heavy atom. The van der Waals surface area contributed by atoms with Crippen LogP contribution in [0.4, 0.5) is 0 Å². The maximum absolute atomic E-state index is 10.1. The second-order valence-corrected chi connectivity index (χ2v) is 1.56. The van der Waals surface area contributed by atoms with Crippen molar-refractivity contribution in [1.82, 2.24) is 6.15 Å². The minimum absolute atomic E-state index is 0. The lowest BCUT2D eigenvalue weighted by Gasteiger charge is -2.06. The molecule has 0 aliphatic rings. The van der Waals surface area contributed by atoms with Gasteiger partial charge in [-0.25, -0.2) is 0 Å². The molecule has 0 aromatic rings. The summed E-state index contributed by atoms with van der Waals surface area (Å²) in [5.41, 5.74) is 5.23. The van der Waals surface area contributed by atoms with Gasteiger partial charge in [0.1, 0.15) is 0 Å². The van der Waals surface area contributed by atoms with Crippen molar-refractivity contribution in [2.24, 2.45) is 5.73 Å². The topological polar surface area (TPSA) is 87.3 Å². The van der Waals surface area contributed by atoms with Crippen LogP contribution in [0.25, 0.3) is 0 Å². The second-order valence-electron chi connectivity index (χ2n) is 1.56. The third-order valence-corrected chi connectivity index (χ3v) is 0.720. The highest BCUT2D eigenvalue weighted by Gasteiger charge is 1.99. The van der Waals surface area contributed by atoms with E-state index in [1.165, 1.54) is 6.92 Å². The van der Waals surface area contributed by atoms with Gasteiger partial charge in [-0.15, -0.1) is 0 Å². The molecule has 0 aliphatic carbocycles. The molecule has 0 amide bonds. The standard InChI is InChI=1S/C5H11NO2.H3N/c1-3-5(6)8-4(2)7;/h5H,3,6H2,1-2H3;1H3. The fourth-order valence-corrected chi connectivity index (χ4v) is 0.297. The first-order valence-corrected chi connectivity index (χ1v) is 2.59. The number of hydrogen-bond donors (Lipinski definition) is 2. The number of rotatable bonds is 2. The summed E-state index contributed by atoms with van der Waals surface area (Å²) in [5.74, 6) is -0.320. The first-order chi connectivity index (χ1) is 3.66. The highest BCUT2D eigenvalue weighted by Crippen LogP contribution is 1.87. The van der Waals surface area contributed by atoms with Crippen molar-refractivity contribution in [3.8, 4) is 0 Å². The lowest BCUT2D eigenvalue weighted by Crippen LogP contribution is -2.24. The number of hydrogen-bond acceptors (Lipinski definition) is 4. The molecule has 4 nitrogen and oxygen atoms in total. The van der Waals surface area contributed by atoms with E-state index >= 15 is 0 Å². The summed E-state index contributed by atoms with van der Waals surface area (Å²) in [6, 6.07) is 0. The van der Waals surface area contributed by atoms with Gasteiger partial charge in [0.25, 0.3) is 0 Å². The molecule has 0 aromatic carbocycles. The lowest BCUT2D eigenvalue weighted by molar-refractivity contribution is -0.146. The van der Waals surface area contributed by atoms with E-state index in [0.717, 1.165) is 0 Å². The number of carbonyl (C=O) groups is 1. The molecule has 1 unspecified atom stereocenters. The van der Waals surface area contributed by atoms with Crippen molar-refractivity contribution in [3.63, 3.8) is 0 Å².